The number of fused-ring (bicyclic) bond motifs is 1. The van der Waals surface area contributed by atoms with Crippen molar-refractivity contribution in [3.05, 3.63) is 42.1 Å². The van der Waals surface area contributed by atoms with Gasteiger partial charge in [-0.1, -0.05) is 18.2 Å². The average molecular weight is 350 g/mol. The van der Waals surface area contributed by atoms with Gasteiger partial charge in [0.2, 0.25) is 0 Å². The molecule has 1 atom stereocenters. The second-order valence-electron chi connectivity index (χ2n) is 7.41. The number of H-pyrrole nitrogens is 1. The maximum atomic E-state index is 13.3. The summed E-state index contributed by atoms with van der Waals surface area (Å²) in [6, 6.07) is 7.75. The van der Waals surface area contributed by atoms with Gasteiger partial charge in [0.1, 0.15) is 6.33 Å². The van der Waals surface area contributed by atoms with Gasteiger partial charge in [0.15, 0.2) is 11.5 Å². The number of hydrogen-bond acceptors (Lipinski definition) is 4. The van der Waals surface area contributed by atoms with E-state index in [9.17, 15) is 4.79 Å². The Bertz CT molecular complexity index is 940. The predicted octanol–water partition coefficient (Wildman–Crippen LogP) is 2.93. The van der Waals surface area contributed by atoms with E-state index < -0.39 is 0 Å². The Labute approximate surface area is 151 Å². The highest BCUT2D eigenvalue weighted by Gasteiger charge is 2.34. The smallest absolute Gasteiger partial charge is 0.275 e. The molecule has 1 aromatic carbocycles. The van der Waals surface area contributed by atoms with Crippen molar-refractivity contribution in [3.8, 4) is 0 Å². The second-order valence-corrected chi connectivity index (χ2v) is 7.41. The van der Waals surface area contributed by atoms with Gasteiger partial charge in [-0.05, 0) is 44.1 Å². The molecular formula is C19H22N6O. The summed E-state index contributed by atoms with van der Waals surface area (Å²) < 4.78 is 2.15. The molecule has 7 nitrogen and oxygen atoms in total. The van der Waals surface area contributed by atoms with Crippen LogP contribution in [0.5, 0.6) is 0 Å². The van der Waals surface area contributed by atoms with Crippen LogP contribution >= 0.6 is 0 Å². The number of carbonyl (C=O) groups excluding carboxylic acids is 1. The Kier molecular flexibility index (Phi) is 3.72. The third-order valence-electron chi connectivity index (χ3n) is 5.53. The molecule has 26 heavy (non-hydrogen) atoms. The van der Waals surface area contributed by atoms with E-state index in [4.69, 9.17) is 0 Å². The molecule has 3 heterocycles. The minimum absolute atomic E-state index is 0.0203. The van der Waals surface area contributed by atoms with E-state index in [1.54, 1.807) is 0 Å². The number of piperidine rings is 1. The normalized spacial score (nSPS) is 20.6. The molecule has 1 unspecified atom stereocenters. The van der Waals surface area contributed by atoms with Crippen molar-refractivity contribution < 1.29 is 4.79 Å². The molecule has 0 radical (unpaired) electrons. The van der Waals surface area contributed by atoms with Crippen molar-refractivity contribution in [1.82, 2.24) is 29.9 Å². The van der Waals surface area contributed by atoms with E-state index in [0.29, 0.717) is 5.69 Å². The summed E-state index contributed by atoms with van der Waals surface area (Å²) in [6.07, 6.45) is 7.42. The molecule has 2 aromatic heterocycles. The highest BCUT2D eigenvalue weighted by molar-refractivity contribution is 6.04. The lowest BCUT2D eigenvalue weighted by molar-refractivity contribution is 0.0590. The van der Waals surface area contributed by atoms with Gasteiger partial charge in [-0.3, -0.25) is 9.89 Å². The fourth-order valence-electron chi connectivity index (χ4n) is 3.95. The Hall–Kier alpha value is -2.70. The highest BCUT2D eigenvalue weighted by Crippen LogP contribution is 2.35. The first-order valence-electron chi connectivity index (χ1n) is 9.43. The molecule has 134 valence electrons. The fourth-order valence-corrected chi connectivity index (χ4v) is 3.95. The molecule has 1 saturated carbocycles. The molecule has 2 aliphatic rings. The number of para-hydroxylation sites is 1. The topological polar surface area (TPSA) is 79.7 Å². The summed E-state index contributed by atoms with van der Waals surface area (Å²) in [4.78, 5) is 15.3. The van der Waals surface area contributed by atoms with Crippen LogP contribution in [0, 0.1) is 5.92 Å². The molecule has 1 amide bonds. The molecule has 1 saturated heterocycles. The molecule has 1 aliphatic heterocycles. The van der Waals surface area contributed by atoms with Crippen LogP contribution < -0.4 is 0 Å². The van der Waals surface area contributed by atoms with E-state index in [0.717, 1.165) is 55.0 Å². The molecular weight excluding hydrogens is 328 g/mol. The minimum atomic E-state index is -0.0204. The van der Waals surface area contributed by atoms with E-state index in [1.165, 1.54) is 12.8 Å². The first-order valence-corrected chi connectivity index (χ1v) is 9.43. The number of amides is 1. The van der Waals surface area contributed by atoms with Gasteiger partial charge in [0.25, 0.3) is 5.91 Å². The second kappa shape index (κ2) is 6.23. The van der Waals surface area contributed by atoms with Crippen LogP contribution in [0.4, 0.5) is 0 Å². The standard InChI is InChI=1S/C19H22N6O/c26-19(17-14-5-1-2-6-15(14)21-22-17)25-10-4-3-7-16(25)18-23-20-12-24(18)11-13-8-9-13/h1-2,5-6,12-13,16H,3-4,7-11H2,(H,21,22). The lowest BCUT2D eigenvalue weighted by Crippen LogP contribution is -2.40. The summed E-state index contributed by atoms with van der Waals surface area (Å²) in [5, 5.41) is 16.7. The van der Waals surface area contributed by atoms with Crippen molar-refractivity contribution in [2.24, 2.45) is 5.92 Å². The molecule has 0 bridgehead atoms. The predicted molar refractivity (Wildman–Crippen MR) is 96.5 cm³/mol. The molecule has 7 heteroatoms. The summed E-state index contributed by atoms with van der Waals surface area (Å²) >= 11 is 0. The molecule has 2 fully saturated rings. The van der Waals surface area contributed by atoms with Crippen molar-refractivity contribution in [1.29, 1.82) is 0 Å². The fraction of sp³-hybridized carbons (Fsp3) is 0.474. The number of likely N-dealkylation sites (tertiary alicyclic amines) is 1. The van der Waals surface area contributed by atoms with Crippen molar-refractivity contribution in [3.63, 3.8) is 0 Å². The number of nitrogens with zero attached hydrogens (tertiary/aromatic N) is 5. The van der Waals surface area contributed by atoms with Crippen molar-refractivity contribution in [2.45, 2.75) is 44.7 Å². The third-order valence-corrected chi connectivity index (χ3v) is 5.53. The number of nitrogens with one attached hydrogen (secondary N) is 1. The van der Waals surface area contributed by atoms with Gasteiger partial charge in [-0.2, -0.15) is 5.10 Å². The third kappa shape index (κ3) is 2.67. The van der Waals surface area contributed by atoms with Gasteiger partial charge >= 0.3 is 0 Å². The zero-order valence-corrected chi connectivity index (χ0v) is 14.6. The lowest BCUT2D eigenvalue weighted by atomic mass is 10.0. The Morgan fingerprint density at radius 3 is 2.96 bits per heavy atom. The Morgan fingerprint density at radius 1 is 1.19 bits per heavy atom. The SMILES string of the molecule is O=C(c1n[nH]c2ccccc12)N1CCCCC1c1nncn1CC1CC1. The van der Waals surface area contributed by atoms with Crippen LogP contribution in [0.25, 0.3) is 10.9 Å². The van der Waals surface area contributed by atoms with Crippen LogP contribution in [0.3, 0.4) is 0 Å². The zero-order valence-electron chi connectivity index (χ0n) is 14.6. The van der Waals surface area contributed by atoms with Crippen LogP contribution in [0.15, 0.2) is 30.6 Å². The van der Waals surface area contributed by atoms with Crippen LogP contribution in [-0.4, -0.2) is 42.3 Å². The van der Waals surface area contributed by atoms with Crippen molar-refractivity contribution >= 4 is 16.8 Å². The molecule has 1 aliphatic carbocycles. The quantitative estimate of drug-likeness (QED) is 0.784. The first kappa shape index (κ1) is 15.5. The Morgan fingerprint density at radius 2 is 2.08 bits per heavy atom. The summed E-state index contributed by atoms with van der Waals surface area (Å²) in [5.74, 6) is 1.64. The van der Waals surface area contributed by atoms with Crippen LogP contribution in [-0.2, 0) is 6.54 Å². The lowest BCUT2D eigenvalue weighted by Gasteiger charge is -2.34. The maximum absolute atomic E-state index is 13.3. The first-order chi connectivity index (χ1) is 12.8. The average Bonchev–Trinajstić information content (AvgIpc) is 3.20. The Balaban J connectivity index is 1.48. The molecule has 0 spiro atoms. The van der Waals surface area contributed by atoms with E-state index in [-0.39, 0.29) is 11.9 Å². The number of aromatic nitrogens is 5. The van der Waals surface area contributed by atoms with Gasteiger partial charge in [-0.25, -0.2) is 0 Å². The minimum Gasteiger partial charge on any atom is -0.327 e. The van der Waals surface area contributed by atoms with Gasteiger partial charge in [-0.15, -0.1) is 10.2 Å². The largest absolute Gasteiger partial charge is 0.327 e. The molecule has 3 aromatic rings. The van der Waals surface area contributed by atoms with E-state index >= 15 is 0 Å². The van der Waals surface area contributed by atoms with E-state index in [1.807, 2.05) is 35.5 Å². The number of rotatable bonds is 4. The van der Waals surface area contributed by atoms with Gasteiger partial charge in [0.05, 0.1) is 11.6 Å². The molecule has 5 rings (SSSR count). The zero-order chi connectivity index (χ0) is 17.5. The maximum Gasteiger partial charge on any atom is 0.275 e. The van der Waals surface area contributed by atoms with Crippen LogP contribution in [0.2, 0.25) is 0 Å². The molecule has 1 N–H and O–H groups in total. The van der Waals surface area contributed by atoms with E-state index in [2.05, 4.69) is 25.0 Å². The highest BCUT2D eigenvalue weighted by atomic mass is 16.2. The monoisotopic (exact) mass is 350 g/mol. The number of benzene rings is 1. The summed E-state index contributed by atoms with van der Waals surface area (Å²) in [5.41, 5.74) is 1.39. The van der Waals surface area contributed by atoms with Gasteiger partial charge < -0.3 is 9.47 Å². The number of carbonyl (C=O) groups is 1. The summed E-state index contributed by atoms with van der Waals surface area (Å²) in [6.45, 7) is 1.70. The van der Waals surface area contributed by atoms with Crippen molar-refractivity contribution in [2.75, 3.05) is 6.54 Å². The number of aromatic amines is 1. The number of hydrogen-bond donors (Lipinski definition) is 1. The van der Waals surface area contributed by atoms with Crippen LogP contribution in [0.1, 0.15) is 54.5 Å². The van der Waals surface area contributed by atoms with Gasteiger partial charge in [0, 0.05) is 18.5 Å². The summed E-state index contributed by atoms with van der Waals surface area (Å²) in [7, 11) is 0.